The van der Waals surface area contributed by atoms with E-state index in [1.165, 1.54) is 16.7 Å². The number of likely N-dealkylation sites (N-methyl/N-ethyl adjacent to an activating group) is 1. The van der Waals surface area contributed by atoms with Gasteiger partial charge in [-0.1, -0.05) is 0 Å². The molecule has 2 atom stereocenters. The summed E-state index contributed by atoms with van der Waals surface area (Å²) in [4.78, 5) is 51.9. The Balaban J connectivity index is 1.37. The monoisotopic (exact) mass is 418 g/mol. The third kappa shape index (κ3) is 4.02. The summed E-state index contributed by atoms with van der Waals surface area (Å²) < 4.78 is 5.51. The lowest BCUT2D eigenvalue weighted by molar-refractivity contribution is -0.147. The highest BCUT2D eigenvalue weighted by atomic mass is 16.6. The van der Waals surface area contributed by atoms with E-state index in [4.69, 9.17) is 4.74 Å². The molecule has 1 aromatic heterocycles. The van der Waals surface area contributed by atoms with Crippen molar-refractivity contribution in [1.29, 1.82) is 0 Å². The Hall–Kier alpha value is -2.95. The summed E-state index contributed by atoms with van der Waals surface area (Å²) in [6.07, 6.45) is 0.679. The Morgan fingerprint density at radius 1 is 1.17 bits per heavy atom. The van der Waals surface area contributed by atoms with Crippen LogP contribution in [0, 0.1) is 0 Å². The largest absolute Gasteiger partial charge is 0.480 e. The van der Waals surface area contributed by atoms with Crippen LogP contribution in [0.15, 0.2) is 6.20 Å². The van der Waals surface area contributed by atoms with Crippen LogP contribution < -0.4 is 4.90 Å². The highest BCUT2D eigenvalue weighted by Crippen LogP contribution is 2.26. The molecule has 11 nitrogen and oxygen atoms in total. The smallest absolute Gasteiger partial charge is 0.410 e. The lowest BCUT2D eigenvalue weighted by Crippen LogP contribution is -2.45. The lowest BCUT2D eigenvalue weighted by Gasteiger charge is -2.32. The molecule has 0 aromatic carbocycles. The van der Waals surface area contributed by atoms with Crippen LogP contribution in [0.2, 0.25) is 0 Å². The average Bonchev–Trinajstić information content (AvgIpc) is 3.32. The SMILES string of the molecule is CC(=O)N1C[C@H](OC(=O)N2Cc3cnc(N4CCN(C)CC4)nc3C2)C[C@H]1C(=O)O. The van der Waals surface area contributed by atoms with Crippen molar-refractivity contribution in [3.63, 3.8) is 0 Å². The second-order valence-corrected chi connectivity index (χ2v) is 8.06. The van der Waals surface area contributed by atoms with Crippen LogP contribution in [0.1, 0.15) is 24.6 Å². The minimum absolute atomic E-state index is 0.0895. The molecule has 0 aliphatic carbocycles. The van der Waals surface area contributed by atoms with Crippen molar-refractivity contribution in [2.75, 3.05) is 44.7 Å². The van der Waals surface area contributed by atoms with E-state index in [-0.39, 0.29) is 18.9 Å². The molecule has 0 radical (unpaired) electrons. The number of amides is 2. The van der Waals surface area contributed by atoms with E-state index in [1.807, 2.05) is 0 Å². The summed E-state index contributed by atoms with van der Waals surface area (Å²) in [6, 6.07) is -0.965. The first kappa shape index (κ1) is 20.3. The van der Waals surface area contributed by atoms with Crippen molar-refractivity contribution in [3.05, 3.63) is 17.5 Å². The summed E-state index contributed by atoms with van der Waals surface area (Å²) >= 11 is 0. The Labute approximate surface area is 174 Å². The molecule has 2 fully saturated rings. The van der Waals surface area contributed by atoms with E-state index in [1.54, 1.807) is 6.20 Å². The number of likely N-dealkylation sites (tertiary alicyclic amines) is 1. The van der Waals surface area contributed by atoms with Crippen molar-refractivity contribution >= 4 is 23.9 Å². The maximum absolute atomic E-state index is 12.6. The first-order chi connectivity index (χ1) is 14.3. The fourth-order valence-corrected chi connectivity index (χ4v) is 4.11. The van der Waals surface area contributed by atoms with E-state index in [0.29, 0.717) is 19.0 Å². The molecule has 30 heavy (non-hydrogen) atoms. The molecular weight excluding hydrogens is 392 g/mol. The Morgan fingerprint density at radius 2 is 1.90 bits per heavy atom. The molecule has 3 aliphatic rings. The molecule has 162 valence electrons. The van der Waals surface area contributed by atoms with E-state index in [2.05, 4.69) is 26.8 Å². The summed E-state index contributed by atoms with van der Waals surface area (Å²) in [7, 11) is 2.09. The van der Waals surface area contributed by atoms with Gasteiger partial charge in [0.15, 0.2) is 0 Å². The number of carboxylic acid groups (broad SMARTS) is 1. The van der Waals surface area contributed by atoms with Crippen LogP contribution >= 0.6 is 0 Å². The number of fused-ring (bicyclic) bond motifs is 1. The number of hydrogen-bond acceptors (Lipinski definition) is 8. The summed E-state index contributed by atoms with van der Waals surface area (Å²) in [5.41, 5.74) is 1.68. The molecule has 0 unspecified atom stereocenters. The predicted octanol–water partition coefficient (Wildman–Crippen LogP) is -0.245. The van der Waals surface area contributed by atoms with Gasteiger partial charge in [0.25, 0.3) is 0 Å². The molecule has 0 spiro atoms. The number of aromatic nitrogens is 2. The topological polar surface area (TPSA) is 119 Å². The minimum atomic E-state index is -1.09. The van der Waals surface area contributed by atoms with Gasteiger partial charge in [-0.3, -0.25) is 9.69 Å². The molecule has 1 aromatic rings. The second-order valence-electron chi connectivity index (χ2n) is 8.06. The van der Waals surface area contributed by atoms with Gasteiger partial charge in [0.1, 0.15) is 12.1 Å². The van der Waals surface area contributed by atoms with Gasteiger partial charge >= 0.3 is 12.1 Å². The minimum Gasteiger partial charge on any atom is -0.480 e. The zero-order chi connectivity index (χ0) is 21.4. The number of ether oxygens (including phenoxy) is 1. The Kier molecular flexibility index (Phi) is 5.46. The first-order valence-corrected chi connectivity index (χ1v) is 10.1. The number of rotatable bonds is 3. The fraction of sp³-hybridized carbons (Fsp3) is 0.632. The second kappa shape index (κ2) is 8.05. The first-order valence-electron chi connectivity index (χ1n) is 10.1. The van der Waals surface area contributed by atoms with Crippen molar-refractivity contribution in [3.8, 4) is 0 Å². The molecule has 2 amide bonds. The number of carboxylic acids is 1. The van der Waals surface area contributed by atoms with Crippen LogP contribution in [0.5, 0.6) is 0 Å². The van der Waals surface area contributed by atoms with Gasteiger partial charge in [-0.25, -0.2) is 19.6 Å². The van der Waals surface area contributed by atoms with Gasteiger partial charge in [-0.05, 0) is 7.05 Å². The maximum atomic E-state index is 12.6. The van der Waals surface area contributed by atoms with Crippen molar-refractivity contribution in [2.45, 2.75) is 38.6 Å². The highest BCUT2D eigenvalue weighted by molar-refractivity contribution is 5.83. The number of carbonyl (C=O) groups is 3. The number of piperazine rings is 1. The van der Waals surface area contributed by atoms with Crippen LogP contribution in [-0.4, -0.2) is 99.7 Å². The Bertz CT molecular complexity index is 834. The van der Waals surface area contributed by atoms with Crippen LogP contribution in [0.25, 0.3) is 0 Å². The summed E-state index contributed by atoms with van der Waals surface area (Å²) in [5, 5.41) is 9.30. The van der Waals surface area contributed by atoms with E-state index >= 15 is 0 Å². The van der Waals surface area contributed by atoms with Gasteiger partial charge in [0.05, 0.1) is 25.3 Å². The van der Waals surface area contributed by atoms with Crippen LogP contribution in [0.4, 0.5) is 10.7 Å². The van der Waals surface area contributed by atoms with Gasteiger partial charge in [-0.2, -0.15) is 0 Å². The quantitative estimate of drug-likeness (QED) is 0.709. The van der Waals surface area contributed by atoms with Crippen molar-refractivity contribution < 1.29 is 24.2 Å². The maximum Gasteiger partial charge on any atom is 0.410 e. The number of aliphatic carboxylic acids is 1. The van der Waals surface area contributed by atoms with Crippen molar-refractivity contribution in [2.24, 2.45) is 0 Å². The molecule has 11 heteroatoms. The molecule has 2 saturated heterocycles. The standard InChI is InChI=1S/C19H26N6O5/c1-12(26)25-10-14(7-16(25)17(27)28)30-19(29)24-9-13-8-20-18(21-15(13)11-24)23-5-3-22(2)4-6-23/h8,14,16H,3-7,9-11H2,1-2H3,(H,27,28)/t14-,16+/m1/s1. The van der Waals surface area contributed by atoms with Crippen LogP contribution in [-0.2, 0) is 27.4 Å². The molecule has 3 aliphatic heterocycles. The van der Waals surface area contributed by atoms with Gasteiger partial charge in [0.2, 0.25) is 11.9 Å². The van der Waals surface area contributed by atoms with E-state index in [0.717, 1.165) is 37.4 Å². The summed E-state index contributed by atoms with van der Waals surface area (Å²) in [6.45, 7) is 5.70. The van der Waals surface area contributed by atoms with Gasteiger partial charge < -0.3 is 24.5 Å². The molecule has 4 rings (SSSR count). The molecule has 4 heterocycles. The highest BCUT2D eigenvalue weighted by Gasteiger charge is 2.41. The third-order valence-corrected chi connectivity index (χ3v) is 5.91. The number of anilines is 1. The van der Waals surface area contributed by atoms with Gasteiger partial charge in [0, 0.05) is 51.3 Å². The van der Waals surface area contributed by atoms with E-state index < -0.39 is 24.2 Å². The van der Waals surface area contributed by atoms with Gasteiger partial charge in [-0.15, -0.1) is 0 Å². The molecule has 1 N–H and O–H groups in total. The molecular formula is C19H26N6O5. The van der Waals surface area contributed by atoms with Crippen molar-refractivity contribution in [1.82, 2.24) is 24.7 Å². The molecule has 0 bridgehead atoms. The fourth-order valence-electron chi connectivity index (χ4n) is 4.11. The number of hydrogen-bond donors (Lipinski definition) is 1. The number of carbonyl (C=O) groups excluding carboxylic acids is 2. The van der Waals surface area contributed by atoms with E-state index in [9.17, 15) is 19.5 Å². The Morgan fingerprint density at radius 3 is 2.53 bits per heavy atom. The normalized spacial score (nSPS) is 24.1. The molecule has 0 saturated carbocycles. The summed E-state index contributed by atoms with van der Waals surface area (Å²) in [5.74, 6) is -0.764. The lowest BCUT2D eigenvalue weighted by atomic mass is 10.2. The zero-order valence-corrected chi connectivity index (χ0v) is 17.2. The average molecular weight is 418 g/mol. The zero-order valence-electron chi connectivity index (χ0n) is 17.2. The third-order valence-electron chi connectivity index (χ3n) is 5.91. The van der Waals surface area contributed by atoms with Crippen LogP contribution in [0.3, 0.4) is 0 Å². The number of nitrogens with zero attached hydrogens (tertiary/aromatic N) is 6. The predicted molar refractivity (Wildman–Crippen MR) is 105 cm³/mol.